The van der Waals surface area contributed by atoms with Crippen LogP contribution in [0.15, 0.2) is 18.5 Å². The van der Waals surface area contributed by atoms with E-state index in [1.165, 1.54) is 0 Å². The summed E-state index contributed by atoms with van der Waals surface area (Å²) in [5, 5.41) is 9.34. The third-order valence-electron chi connectivity index (χ3n) is 3.15. The lowest BCUT2D eigenvalue weighted by Gasteiger charge is -2.27. The summed E-state index contributed by atoms with van der Waals surface area (Å²) in [7, 11) is 0. The molecule has 4 heteroatoms. The lowest BCUT2D eigenvalue weighted by Crippen LogP contribution is -2.35. The van der Waals surface area contributed by atoms with E-state index in [0.29, 0.717) is 11.6 Å². The van der Waals surface area contributed by atoms with E-state index in [9.17, 15) is 5.11 Å². The van der Waals surface area contributed by atoms with Crippen molar-refractivity contribution >= 4 is 11.4 Å². The zero-order valence-corrected chi connectivity index (χ0v) is 8.93. The molecule has 2 heterocycles. The molecule has 0 amide bonds. The molecule has 4 nitrogen and oxygen atoms in total. The second-order valence-corrected chi connectivity index (χ2v) is 4.19. The molecule has 1 aliphatic rings. The van der Waals surface area contributed by atoms with Gasteiger partial charge in [0.25, 0.3) is 0 Å². The predicted molar refractivity (Wildman–Crippen MR) is 60.7 cm³/mol. The second kappa shape index (κ2) is 4.06. The van der Waals surface area contributed by atoms with Crippen molar-refractivity contribution in [2.75, 3.05) is 23.8 Å². The van der Waals surface area contributed by atoms with Crippen LogP contribution >= 0.6 is 0 Å². The summed E-state index contributed by atoms with van der Waals surface area (Å²) in [4.78, 5) is 6.26. The number of aliphatic hydroxyl groups excluding tert-OH is 1. The lowest BCUT2D eigenvalue weighted by molar-refractivity contribution is 0.244. The smallest absolute Gasteiger partial charge is 0.0637 e. The van der Waals surface area contributed by atoms with Gasteiger partial charge >= 0.3 is 0 Å². The molecule has 0 aromatic carbocycles. The Morgan fingerprint density at radius 3 is 3.07 bits per heavy atom. The number of hydrogen-bond donors (Lipinski definition) is 2. The Hall–Kier alpha value is -1.29. The van der Waals surface area contributed by atoms with Crippen LogP contribution in [-0.4, -0.2) is 29.3 Å². The molecule has 0 saturated carbocycles. The van der Waals surface area contributed by atoms with Crippen molar-refractivity contribution in [2.45, 2.75) is 19.4 Å². The minimum atomic E-state index is 0.190. The quantitative estimate of drug-likeness (QED) is 0.755. The van der Waals surface area contributed by atoms with Crippen LogP contribution < -0.4 is 10.6 Å². The number of anilines is 2. The molecule has 3 N–H and O–H groups in total. The largest absolute Gasteiger partial charge is 0.397 e. The number of rotatable bonds is 2. The van der Waals surface area contributed by atoms with Gasteiger partial charge < -0.3 is 15.7 Å². The molecule has 1 aliphatic heterocycles. The summed E-state index contributed by atoms with van der Waals surface area (Å²) >= 11 is 0. The van der Waals surface area contributed by atoms with Crippen molar-refractivity contribution in [2.24, 2.45) is 5.92 Å². The zero-order chi connectivity index (χ0) is 10.8. The van der Waals surface area contributed by atoms with E-state index in [2.05, 4.69) is 16.8 Å². The Morgan fingerprint density at radius 1 is 1.60 bits per heavy atom. The first-order valence-corrected chi connectivity index (χ1v) is 5.30. The van der Waals surface area contributed by atoms with Gasteiger partial charge in [-0.2, -0.15) is 0 Å². The van der Waals surface area contributed by atoms with E-state index in [1.807, 2.05) is 6.07 Å². The van der Waals surface area contributed by atoms with Crippen molar-refractivity contribution in [3.63, 3.8) is 0 Å². The summed E-state index contributed by atoms with van der Waals surface area (Å²) < 4.78 is 0. The van der Waals surface area contributed by atoms with Crippen LogP contribution in [-0.2, 0) is 0 Å². The van der Waals surface area contributed by atoms with Crippen LogP contribution in [0.3, 0.4) is 0 Å². The maximum atomic E-state index is 9.34. The van der Waals surface area contributed by atoms with Gasteiger partial charge in [0.1, 0.15) is 0 Å². The van der Waals surface area contributed by atoms with Gasteiger partial charge in [-0.25, -0.2) is 0 Å². The number of aromatic nitrogens is 1. The summed E-state index contributed by atoms with van der Waals surface area (Å²) in [6.45, 7) is 3.33. The van der Waals surface area contributed by atoms with E-state index in [-0.39, 0.29) is 12.6 Å². The molecule has 2 unspecified atom stereocenters. The van der Waals surface area contributed by atoms with Crippen LogP contribution in [0.4, 0.5) is 11.4 Å². The SMILES string of the molecule is CC1CCN(c2cncc(N)c2)C1CO. The van der Waals surface area contributed by atoms with Gasteiger partial charge in [-0.3, -0.25) is 4.98 Å². The third kappa shape index (κ3) is 1.90. The molecule has 1 aromatic heterocycles. The maximum Gasteiger partial charge on any atom is 0.0637 e. The van der Waals surface area contributed by atoms with Gasteiger partial charge in [0.05, 0.1) is 30.2 Å². The maximum absolute atomic E-state index is 9.34. The molecule has 2 rings (SSSR count). The molecule has 0 spiro atoms. The summed E-state index contributed by atoms with van der Waals surface area (Å²) in [6.07, 6.45) is 4.55. The van der Waals surface area contributed by atoms with Gasteiger partial charge in [-0.05, 0) is 18.4 Å². The van der Waals surface area contributed by atoms with Crippen molar-refractivity contribution in [3.8, 4) is 0 Å². The van der Waals surface area contributed by atoms with E-state index in [1.54, 1.807) is 12.4 Å². The molecular formula is C11H17N3O. The van der Waals surface area contributed by atoms with Crippen LogP contribution in [0.1, 0.15) is 13.3 Å². The minimum Gasteiger partial charge on any atom is -0.397 e. The molecule has 1 aromatic rings. The van der Waals surface area contributed by atoms with E-state index in [0.717, 1.165) is 18.7 Å². The van der Waals surface area contributed by atoms with Crippen LogP contribution in [0.5, 0.6) is 0 Å². The number of aliphatic hydroxyl groups is 1. The molecular weight excluding hydrogens is 190 g/mol. The highest BCUT2D eigenvalue weighted by atomic mass is 16.3. The fourth-order valence-electron chi connectivity index (χ4n) is 2.21. The Labute approximate surface area is 89.7 Å². The Bertz CT molecular complexity index is 342. The summed E-state index contributed by atoms with van der Waals surface area (Å²) in [5.41, 5.74) is 7.38. The molecule has 0 radical (unpaired) electrons. The Kier molecular flexibility index (Phi) is 2.77. The standard InChI is InChI=1S/C11H17N3O/c1-8-2-3-14(11(8)7-15)10-4-9(12)5-13-6-10/h4-6,8,11,15H,2-3,7,12H2,1H3. The predicted octanol–water partition coefficient (Wildman–Crippen LogP) is 0.871. The molecule has 82 valence electrons. The second-order valence-electron chi connectivity index (χ2n) is 4.19. The third-order valence-corrected chi connectivity index (χ3v) is 3.15. The zero-order valence-electron chi connectivity index (χ0n) is 8.93. The fourth-order valence-corrected chi connectivity index (χ4v) is 2.21. The number of nitrogens with zero attached hydrogens (tertiary/aromatic N) is 2. The highest BCUT2D eigenvalue weighted by Gasteiger charge is 2.30. The van der Waals surface area contributed by atoms with Gasteiger partial charge in [0.2, 0.25) is 0 Å². The molecule has 0 bridgehead atoms. The number of nitrogens with two attached hydrogens (primary N) is 1. The molecule has 0 aliphatic carbocycles. The highest BCUT2D eigenvalue weighted by Crippen LogP contribution is 2.29. The first kappa shape index (κ1) is 10.2. The Morgan fingerprint density at radius 2 is 2.40 bits per heavy atom. The van der Waals surface area contributed by atoms with Crippen LogP contribution in [0.25, 0.3) is 0 Å². The van der Waals surface area contributed by atoms with Gasteiger partial charge in [0.15, 0.2) is 0 Å². The number of nitrogen functional groups attached to an aromatic ring is 1. The van der Waals surface area contributed by atoms with Crippen molar-refractivity contribution in [3.05, 3.63) is 18.5 Å². The minimum absolute atomic E-state index is 0.190. The van der Waals surface area contributed by atoms with Gasteiger partial charge in [0, 0.05) is 12.7 Å². The topological polar surface area (TPSA) is 62.4 Å². The fraction of sp³-hybridized carbons (Fsp3) is 0.545. The van der Waals surface area contributed by atoms with E-state index >= 15 is 0 Å². The lowest BCUT2D eigenvalue weighted by atomic mass is 10.0. The van der Waals surface area contributed by atoms with Crippen LogP contribution in [0, 0.1) is 5.92 Å². The van der Waals surface area contributed by atoms with Gasteiger partial charge in [-0.15, -0.1) is 0 Å². The van der Waals surface area contributed by atoms with Crippen LogP contribution in [0.2, 0.25) is 0 Å². The number of pyridine rings is 1. The first-order chi connectivity index (χ1) is 7.22. The van der Waals surface area contributed by atoms with Crippen molar-refractivity contribution in [1.29, 1.82) is 0 Å². The highest BCUT2D eigenvalue weighted by molar-refractivity contribution is 5.54. The molecule has 1 saturated heterocycles. The van der Waals surface area contributed by atoms with E-state index in [4.69, 9.17) is 5.73 Å². The summed E-state index contributed by atoms with van der Waals surface area (Å²) in [6, 6.07) is 2.11. The van der Waals surface area contributed by atoms with Gasteiger partial charge in [-0.1, -0.05) is 6.92 Å². The van der Waals surface area contributed by atoms with Crippen molar-refractivity contribution < 1.29 is 5.11 Å². The monoisotopic (exact) mass is 207 g/mol. The molecule has 2 atom stereocenters. The summed E-state index contributed by atoms with van der Waals surface area (Å²) in [5.74, 6) is 0.524. The average Bonchev–Trinajstić information content (AvgIpc) is 2.59. The van der Waals surface area contributed by atoms with E-state index < -0.39 is 0 Å². The number of hydrogen-bond acceptors (Lipinski definition) is 4. The average molecular weight is 207 g/mol. The first-order valence-electron chi connectivity index (χ1n) is 5.30. The molecule has 15 heavy (non-hydrogen) atoms. The van der Waals surface area contributed by atoms with Crippen molar-refractivity contribution in [1.82, 2.24) is 4.98 Å². The normalized spacial score (nSPS) is 25.9. The molecule has 1 fully saturated rings. The Balaban J connectivity index is 2.23.